The summed E-state index contributed by atoms with van der Waals surface area (Å²) in [6, 6.07) is 9.99. The number of nitrogens with zero attached hydrogens (tertiary/aromatic N) is 4. The molecule has 1 aromatic carbocycles. The first-order valence-corrected chi connectivity index (χ1v) is 9.39. The summed E-state index contributed by atoms with van der Waals surface area (Å²) in [6.45, 7) is 1.95. The number of benzene rings is 1. The van der Waals surface area contributed by atoms with Crippen LogP contribution in [0.3, 0.4) is 0 Å². The highest BCUT2D eigenvalue weighted by molar-refractivity contribution is 7.16. The highest BCUT2D eigenvalue weighted by Gasteiger charge is 2.25. The molecule has 0 bridgehead atoms. The summed E-state index contributed by atoms with van der Waals surface area (Å²) < 4.78 is 1.13. The van der Waals surface area contributed by atoms with E-state index in [-0.39, 0.29) is 0 Å². The van der Waals surface area contributed by atoms with Crippen molar-refractivity contribution in [1.29, 1.82) is 0 Å². The molecule has 0 spiro atoms. The lowest BCUT2D eigenvalue weighted by Gasteiger charge is -2.08. The van der Waals surface area contributed by atoms with Gasteiger partial charge in [-0.15, -0.1) is 11.3 Å². The molecule has 5 rings (SSSR count). The van der Waals surface area contributed by atoms with E-state index in [1.165, 1.54) is 18.5 Å². The predicted octanol–water partition coefficient (Wildman–Crippen LogP) is 4.48. The molecule has 7 nitrogen and oxygen atoms in total. The zero-order valence-electron chi connectivity index (χ0n) is 14.2. The van der Waals surface area contributed by atoms with Gasteiger partial charge in [-0.1, -0.05) is 0 Å². The Labute approximate surface area is 153 Å². The molecule has 3 N–H and O–H groups in total. The van der Waals surface area contributed by atoms with E-state index in [2.05, 4.69) is 47.9 Å². The number of H-pyrrole nitrogens is 1. The molecular formula is C18H17N7S. The third kappa shape index (κ3) is 3.11. The summed E-state index contributed by atoms with van der Waals surface area (Å²) in [4.78, 5) is 13.3. The number of hydrogen-bond donors (Lipinski definition) is 3. The number of hydrogen-bond acceptors (Lipinski definition) is 7. The van der Waals surface area contributed by atoms with Crippen LogP contribution in [0.2, 0.25) is 0 Å². The summed E-state index contributed by atoms with van der Waals surface area (Å²) >= 11 is 1.61. The minimum absolute atomic E-state index is 0.550. The Hall–Kier alpha value is -3.00. The lowest BCUT2D eigenvalue weighted by Crippen LogP contribution is -2.02. The number of aromatic amines is 1. The topological polar surface area (TPSA) is 91.4 Å². The van der Waals surface area contributed by atoms with Crippen molar-refractivity contribution in [3.05, 3.63) is 47.2 Å². The SMILES string of the molecule is Cc1cc(Nc2cc(C3CC3)[nH]n2)nc(Nc2ccc3ncsc3c2)n1. The summed E-state index contributed by atoms with van der Waals surface area (Å²) in [5, 5.41) is 13.9. The molecule has 0 radical (unpaired) electrons. The highest BCUT2D eigenvalue weighted by atomic mass is 32.1. The van der Waals surface area contributed by atoms with E-state index in [4.69, 9.17) is 0 Å². The van der Waals surface area contributed by atoms with E-state index >= 15 is 0 Å². The van der Waals surface area contributed by atoms with Gasteiger partial charge in [-0.3, -0.25) is 5.10 Å². The van der Waals surface area contributed by atoms with Crippen LogP contribution in [0, 0.1) is 6.92 Å². The number of thiazole rings is 1. The molecule has 1 aliphatic rings. The average molecular weight is 363 g/mol. The summed E-state index contributed by atoms with van der Waals surface area (Å²) in [5.41, 5.74) is 5.85. The van der Waals surface area contributed by atoms with E-state index < -0.39 is 0 Å². The van der Waals surface area contributed by atoms with Gasteiger partial charge >= 0.3 is 0 Å². The first-order valence-electron chi connectivity index (χ1n) is 8.51. The Kier molecular flexibility index (Phi) is 3.56. The second-order valence-corrected chi connectivity index (χ2v) is 7.37. The van der Waals surface area contributed by atoms with Crippen LogP contribution in [0.5, 0.6) is 0 Å². The van der Waals surface area contributed by atoms with Crippen LogP contribution in [-0.4, -0.2) is 25.1 Å². The number of fused-ring (bicyclic) bond motifs is 1. The van der Waals surface area contributed by atoms with Gasteiger partial charge in [0.1, 0.15) is 5.82 Å². The molecule has 0 unspecified atom stereocenters. The van der Waals surface area contributed by atoms with Crippen molar-refractivity contribution in [2.75, 3.05) is 10.6 Å². The third-order valence-corrected chi connectivity index (χ3v) is 5.10. The molecule has 1 saturated carbocycles. The molecule has 0 amide bonds. The zero-order chi connectivity index (χ0) is 17.5. The minimum Gasteiger partial charge on any atom is -0.324 e. The van der Waals surface area contributed by atoms with Crippen LogP contribution in [-0.2, 0) is 0 Å². The van der Waals surface area contributed by atoms with Gasteiger partial charge in [0.2, 0.25) is 5.95 Å². The Morgan fingerprint density at radius 1 is 1.08 bits per heavy atom. The minimum atomic E-state index is 0.550. The van der Waals surface area contributed by atoms with Gasteiger partial charge < -0.3 is 10.6 Å². The van der Waals surface area contributed by atoms with Gasteiger partial charge in [-0.25, -0.2) is 9.97 Å². The first-order chi connectivity index (χ1) is 12.7. The van der Waals surface area contributed by atoms with Crippen molar-refractivity contribution in [2.24, 2.45) is 0 Å². The summed E-state index contributed by atoms with van der Waals surface area (Å²) in [7, 11) is 0. The molecule has 0 aliphatic heterocycles. The monoisotopic (exact) mass is 363 g/mol. The maximum absolute atomic E-state index is 4.56. The number of nitrogens with one attached hydrogen (secondary N) is 3. The van der Waals surface area contributed by atoms with Crippen molar-refractivity contribution in [1.82, 2.24) is 25.1 Å². The molecule has 26 heavy (non-hydrogen) atoms. The van der Waals surface area contributed by atoms with Crippen LogP contribution >= 0.6 is 11.3 Å². The van der Waals surface area contributed by atoms with Crippen molar-refractivity contribution < 1.29 is 0 Å². The van der Waals surface area contributed by atoms with Crippen LogP contribution in [0.4, 0.5) is 23.3 Å². The number of anilines is 4. The molecule has 130 valence electrons. The van der Waals surface area contributed by atoms with Crippen molar-refractivity contribution in [3.63, 3.8) is 0 Å². The molecule has 1 fully saturated rings. The van der Waals surface area contributed by atoms with Crippen molar-refractivity contribution in [2.45, 2.75) is 25.7 Å². The van der Waals surface area contributed by atoms with Gasteiger partial charge in [-0.2, -0.15) is 10.1 Å². The van der Waals surface area contributed by atoms with E-state index in [0.717, 1.165) is 27.4 Å². The summed E-state index contributed by atoms with van der Waals surface area (Å²) in [5.74, 6) is 2.69. The van der Waals surface area contributed by atoms with Crippen LogP contribution in [0.1, 0.15) is 30.1 Å². The Balaban J connectivity index is 1.38. The van der Waals surface area contributed by atoms with E-state index in [1.807, 2.05) is 30.6 Å². The Bertz CT molecular complexity index is 1080. The molecule has 8 heteroatoms. The van der Waals surface area contributed by atoms with Crippen molar-refractivity contribution >= 4 is 44.8 Å². The predicted molar refractivity (Wildman–Crippen MR) is 104 cm³/mol. The van der Waals surface area contributed by atoms with Gasteiger partial charge in [0.05, 0.1) is 15.7 Å². The Morgan fingerprint density at radius 2 is 2.00 bits per heavy atom. The quantitative estimate of drug-likeness (QED) is 0.484. The molecule has 0 saturated heterocycles. The van der Waals surface area contributed by atoms with E-state index in [0.29, 0.717) is 17.7 Å². The van der Waals surface area contributed by atoms with Crippen LogP contribution < -0.4 is 10.6 Å². The Morgan fingerprint density at radius 3 is 2.88 bits per heavy atom. The maximum Gasteiger partial charge on any atom is 0.229 e. The standard InChI is InChI=1S/C18H17N7S/c1-10-6-16(22-17-8-14(24-25-17)11-2-3-11)23-18(20-10)21-12-4-5-13-15(7-12)26-9-19-13/h4-9,11H,2-3H2,1H3,(H3,20,21,22,23,24,25). The van der Waals surface area contributed by atoms with Gasteiger partial charge in [0, 0.05) is 35.1 Å². The zero-order valence-corrected chi connectivity index (χ0v) is 15.0. The van der Waals surface area contributed by atoms with Gasteiger partial charge in [-0.05, 0) is 38.0 Å². The van der Waals surface area contributed by atoms with Crippen molar-refractivity contribution in [3.8, 4) is 0 Å². The molecule has 3 heterocycles. The first kappa shape index (κ1) is 15.3. The smallest absolute Gasteiger partial charge is 0.229 e. The lowest BCUT2D eigenvalue weighted by molar-refractivity contribution is 0.966. The second kappa shape index (κ2) is 6.06. The fourth-order valence-electron chi connectivity index (χ4n) is 2.89. The highest BCUT2D eigenvalue weighted by Crippen LogP contribution is 2.39. The fourth-order valence-corrected chi connectivity index (χ4v) is 3.60. The number of aromatic nitrogens is 5. The maximum atomic E-state index is 4.56. The third-order valence-electron chi connectivity index (χ3n) is 4.31. The van der Waals surface area contributed by atoms with Gasteiger partial charge in [0.15, 0.2) is 5.82 Å². The molecule has 3 aromatic heterocycles. The molecular weight excluding hydrogens is 346 g/mol. The molecule has 4 aromatic rings. The van der Waals surface area contributed by atoms with Gasteiger partial charge in [0.25, 0.3) is 0 Å². The number of aryl methyl sites for hydroxylation is 1. The lowest BCUT2D eigenvalue weighted by atomic mass is 10.3. The summed E-state index contributed by atoms with van der Waals surface area (Å²) in [6.07, 6.45) is 2.48. The average Bonchev–Trinajstić information content (AvgIpc) is 3.18. The molecule has 1 aliphatic carbocycles. The number of rotatable bonds is 5. The van der Waals surface area contributed by atoms with E-state index in [9.17, 15) is 0 Å². The fraction of sp³-hybridized carbons (Fsp3) is 0.222. The second-order valence-electron chi connectivity index (χ2n) is 6.49. The largest absolute Gasteiger partial charge is 0.324 e. The normalized spacial score (nSPS) is 13.9. The van der Waals surface area contributed by atoms with E-state index in [1.54, 1.807) is 11.3 Å². The van der Waals surface area contributed by atoms with Crippen LogP contribution in [0.25, 0.3) is 10.2 Å². The van der Waals surface area contributed by atoms with Crippen LogP contribution in [0.15, 0.2) is 35.8 Å². The molecule has 0 atom stereocenters.